The lowest BCUT2D eigenvalue weighted by molar-refractivity contribution is 0.411. The molecule has 4 heteroatoms. The van der Waals surface area contributed by atoms with Crippen LogP contribution in [0, 0.1) is 13.8 Å². The lowest BCUT2D eigenvalue weighted by atomic mass is 9.93. The van der Waals surface area contributed by atoms with Gasteiger partial charge in [-0.2, -0.15) is 0 Å². The summed E-state index contributed by atoms with van der Waals surface area (Å²) in [7, 11) is 1.69. The number of halogens is 1. The zero-order chi connectivity index (χ0) is 14.7. The highest BCUT2D eigenvalue weighted by Crippen LogP contribution is 2.30. The average Bonchev–Trinajstić information content (AvgIpc) is 2.43. The molecule has 2 aromatic rings. The number of nitrogens with two attached hydrogens (primary N) is 1. The molecule has 0 amide bonds. The summed E-state index contributed by atoms with van der Waals surface area (Å²) in [6.07, 6.45) is 0. The van der Waals surface area contributed by atoms with Crippen molar-refractivity contribution in [1.29, 1.82) is 0 Å². The minimum absolute atomic E-state index is 0.0443. The van der Waals surface area contributed by atoms with E-state index in [4.69, 9.17) is 10.6 Å². The molecule has 0 saturated heterocycles. The summed E-state index contributed by atoms with van der Waals surface area (Å²) in [4.78, 5) is 0. The lowest BCUT2D eigenvalue weighted by Crippen LogP contribution is -2.29. The second-order valence-corrected chi connectivity index (χ2v) is 5.75. The maximum Gasteiger partial charge on any atom is 0.122 e. The first-order valence-electron chi connectivity index (χ1n) is 6.43. The number of hydrogen-bond donors (Lipinski definition) is 2. The van der Waals surface area contributed by atoms with Crippen LogP contribution >= 0.6 is 15.9 Å². The quantitative estimate of drug-likeness (QED) is 0.663. The number of rotatable bonds is 4. The minimum Gasteiger partial charge on any atom is -0.496 e. The first-order chi connectivity index (χ1) is 9.56. The minimum atomic E-state index is -0.0443. The van der Waals surface area contributed by atoms with Gasteiger partial charge in [-0.05, 0) is 54.3 Å². The summed E-state index contributed by atoms with van der Waals surface area (Å²) < 4.78 is 6.40. The Morgan fingerprint density at radius 3 is 2.50 bits per heavy atom. The Morgan fingerprint density at radius 1 is 1.15 bits per heavy atom. The second kappa shape index (κ2) is 6.39. The van der Waals surface area contributed by atoms with Crippen LogP contribution in [0.5, 0.6) is 5.75 Å². The molecule has 0 aliphatic carbocycles. The van der Waals surface area contributed by atoms with Gasteiger partial charge in [0.1, 0.15) is 5.75 Å². The molecule has 0 aliphatic rings. The first-order valence-corrected chi connectivity index (χ1v) is 7.23. The zero-order valence-corrected chi connectivity index (χ0v) is 13.5. The summed E-state index contributed by atoms with van der Waals surface area (Å²) >= 11 is 3.50. The van der Waals surface area contributed by atoms with Crippen LogP contribution in [0.2, 0.25) is 0 Å². The average molecular weight is 335 g/mol. The molecule has 0 radical (unpaired) electrons. The molecule has 0 fully saturated rings. The van der Waals surface area contributed by atoms with E-state index in [1.54, 1.807) is 7.11 Å². The van der Waals surface area contributed by atoms with Gasteiger partial charge in [0, 0.05) is 4.47 Å². The van der Waals surface area contributed by atoms with E-state index < -0.39 is 0 Å². The number of benzene rings is 2. The van der Waals surface area contributed by atoms with Crippen LogP contribution in [-0.2, 0) is 0 Å². The summed E-state index contributed by atoms with van der Waals surface area (Å²) in [6, 6.07) is 12.3. The largest absolute Gasteiger partial charge is 0.496 e. The van der Waals surface area contributed by atoms with Crippen molar-refractivity contribution in [3.05, 3.63) is 63.1 Å². The van der Waals surface area contributed by atoms with Crippen LogP contribution in [0.15, 0.2) is 40.9 Å². The van der Waals surface area contributed by atoms with Gasteiger partial charge in [-0.3, -0.25) is 5.84 Å². The standard InChI is InChI=1S/C16H19BrN2O/c1-10-8-15(20-3)11(2)7-14(10)16(19-18)12-5-4-6-13(17)9-12/h4-9,16,19H,18H2,1-3H3. The van der Waals surface area contributed by atoms with Crippen molar-refractivity contribution in [2.24, 2.45) is 5.84 Å². The molecule has 0 saturated carbocycles. The number of methoxy groups -OCH3 is 1. The number of ether oxygens (including phenoxy) is 1. The zero-order valence-electron chi connectivity index (χ0n) is 11.9. The third kappa shape index (κ3) is 3.03. The van der Waals surface area contributed by atoms with Gasteiger partial charge in [0.25, 0.3) is 0 Å². The van der Waals surface area contributed by atoms with Crippen LogP contribution in [0.3, 0.4) is 0 Å². The van der Waals surface area contributed by atoms with Crippen LogP contribution in [0.1, 0.15) is 28.3 Å². The maximum atomic E-state index is 5.78. The van der Waals surface area contributed by atoms with E-state index in [0.29, 0.717) is 0 Å². The molecule has 1 unspecified atom stereocenters. The molecule has 0 bridgehead atoms. The normalized spacial score (nSPS) is 12.2. The summed E-state index contributed by atoms with van der Waals surface area (Å²) in [6.45, 7) is 4.11. The predicted octanol–water partition coefficient (Wildman–Crippen LogP) is 3.63. The molecule has 0 spiro atoms. The van der Waals surface area contributed by atoms with E-state index in [1.165, 1.54) is 0 Å². The first kappa shape index (κ1) is 15.0. The van der Waals surface area contributed by atoms with Gasteiger partial charge in [0.05, 0.1) is 13.2 Å². The number of nitrogens with one attached hydrogen (secondary N) is 1. The van der Waals surface area contributed by atoms with E-state index in [1.807, 2.05) is 25.1 Å². The Balaban J connectivity index is 2.49. The SMILES string of the molecule is COc1cc(C)c(C(NN)c2cccc(Br)c2)cc1C. The van der Waals surface area contributed by atoms with E-state index >= 15 is 0 Å². The topological polar surface area (TPSA) is 47.3 Å². The molecule has 0 heterocycles. The molecule has 106 valence electrons. The summed E-state index contributed by atoms with van der Waals surface area (Å²) in [5, 5.41) is 0. The number of hydrogen-bond acceptors (Lipinski definition) is 3. The van der Waals surface area contributed by atoms with Crippen LogP contribution in [0.4, 0.5) is 0 Å². The Morgan fingerprint density at radius 2 is 1.90 bits per heavy atom. The molecule has 3 nitrogen and oxygen atoms in total. The Kier molecular flexibility index (Phi) is 4.81. The van der Waals surface area contributed by atoms with Crippen LogP contribution in [-0.4, -0.2) is 7.11 Å². The summed E-state index contributed by atoms with van der Waals surface area (Å²) in [5.41, 5.74) is 7.43. The van der Waals surface area contributed by atoms with Crippen molar-refractivity contribution in [2.45, 2.75) is 19.9 Å². The molecule has 2 rings (SSSR count). The van der Waals surface area contributed by atoms with Gasteiger partial charge in [-0.1, -0.05) is 34.1 Å². The van der Waals surface area contributed by atoms with E-state index in [9.17, 15) is 0 Å². The van der Waals surface area contributed by atoms with Crippen molar-refractivity contribution < 1.29 is 4.74 Å². The maximum absolute atomic E-state index is 5.78. The van der Waals surface area contributed by atoms with E-state index in [2.05, 4.69) is 46.5 Å². The summed E-state index contributed by atoms with van der Waals surface area (Å²) in [5.74, 6) is 6.68. The monoisotopic (exact) mass is 334 g/mol. The molecule has 3 N–H and O–H groups in total. The molecular formula is C16H19BrN2O. The van der Waals surface area contributed by atoms with Gasteiger partial charge in [-0.15, -0.1) is 0 Å². The van der Waals surface area contributed by atoms with Crippen molar-refractivity contribution in [2.75, 3.05) is 7.11 Å². The van der Waals surface area contributed by atoms with Crippen molar-refractivity contribution in [3.63, 3.8) is 0 Å². The van der Waals surface area contributed by atoms with Gasteiger partial charge < -0.3 is 4.74 Å². The molecule has 0 aromatic heterocycles. The highest BCUT2D eigenvalue weighted by atomic mass is 79.9. The molecule has 1 atom stereocenters. The van der Waals surface area contributed by atoms with E-state index in [0.717, 1.165) is 32.5 Å². The van der Waals surface area contributed by atoms with Crippen LogP contribution in [0.25, 0.3) is 0 Å². The van der Waals surface area contributed by atoms with Gasteiger partial charge in [-0.25, -0.2) is 5.43 Å². The number of hydrazine groups is 1. The van der Waals surface area contributed by atoms with Crippen molar-refractivity contribution >= 4 is 15.9 Å². The fourth-order valence-electron chi connectivity index (χ4n) is 2.39. The molecule has 20 heavy (non-hydrogen) atoms. The Hall–Kier alpha value is -1.36. The Labute approximate surface area is 128 Å². The molecule has 2 aromatic carbocycles. The third-order valence-corrected chi connectivity index (χ3v) is 3.94. The Bertz CT molecular complexity index is 613. The third-order valence-electron chi connectivity index (χ3n) is 3.44. The van der Waals surface area contributed by atoms with Gasteiger partial charge >= 0.3 is 0 Å². The fourth-order valence-corrected chi connectivity index (χ4v) is 2.81. The van der Waals surface area contributed by atoms with E-state index in [-0.39, 0.29) is 6.04 Å². The molecular weight excluding hydrogens is 316 g/mol. The van der Waals surface area contributed by atoms with Crippen LogP contribution < -0.4 is 16.0 Å². The fraction of sp³-hybridized carbons (Fsp3) is 0.250. The molecule has 0 aliphatic heterocycles. The number of aryl methyl sites for hydroxylation is 2. The highest BCUT2D eigenvalue weighted by molar-refractivity contribution is 9.10. The smallest absolute Gasteiger partial charge is 0.122 e. The van der Waals surface area contributed by atoms with Gasteiger partial charge in [0.15, 0.2) is 0 Å². The highest BCUT2D eigenvalue weighted by Gasteiger charge is 2.16. The lowest BCUT2D eigenvalue weighted by Gasteiger charge is -2.21. The predicted molar refractivity (Wildman–Crippen MR) is 85.8 cm³/mol. The second-order valence-electron chi connectivity index (χ2n) is 4.83. The van der Waals surface area contributed by atoms with Gasteiger partial charge in [0.2, 0.25) is 0 Å². The van der Waals surface area contributed by atoms with Crippen molar-refractivity contribution in [3.8, 4) is 5.75 Å². The van der Waals surface area contributed by atoms with Crippen molar-refractivity contribution in [1.82, 2.24) is 5.43 Å².